The molecule has 5 heteroatoms. The second-order valence-electron chi connectivity index (χ2n) is 3.73. The van der Waals surface area contributed by atoms with Gasteiger partial charge in [-0.1, -0.05) is 29.8 Å². The summed E-state index contributed by atoms with van der Waals surface area (Å²) in [5.74, 6) is 0. The van der Waals surface area contributed by atoms with Gasteiger partial charge in [-0.25, -0.2) is 0 Å². The van der Waals surface area contributed by atoms with Crippen molar-refractivity contribution in [3.05, 3.63) is 52.6 Å². The van der Waals surface area contributed by atoms with Gasteiger partial charge in [0.05, 0.1) is 6.04 Å². The van der Waals surface area contributed by atoms with Crippen LogP contribution in [0.2, 0.25) is 4.34 Å². The van der Waals surface area contributed by atoms with Crippen molar-refractivity contribution in [3.8, 4) is 0 Å². The highest BCUT2D eigenvalue weighted by Crippen LogP contribution is 2.37. The van der Waals surface area contributed by atoms with Crippen LogP contribution in [0.5, 0.6) is 0 Å². The Balaban J connectivity index is 2.43. The van der Waals surface area contributed by atoms with E-state index in [0.717, 1.165) is 19.2 Å². The first kappa shape index (κ1) is 13.8. The van der Waals surface area contributed by atoms with Crippen LogP contribution in [0.1, 0.15) is 22.0 Å². The predicted molar refractivity (Wildman–Crippen MR) is 87.0 cm³/mol. The molecule has 1 nitrogen and oxygen atoms in total. The summed E-state index contributed by atoms with van der Waals surface area (Å²) in [5, 5.41) is 0. The van der Waals surface area contributed by atoms with Crippen molar-refractivity contribution >= 4 is 61.5 Å². The average molecular weight is 443 g/mol. The summed E-state index contributed by atoms with van der Waals surface area (Å²) < 4.78 is 2.88. The van der Waals surface area contributed by atoms with E-state index in [-0.39, 0.29) is 6.04 Å². The molecule has 0 aliphatic carbocycles. The first-order valence-corrected chi connectivity index (χ1v) is 8.02. The van der Waals surface area contributed by atoms with Crippen molar-refractivity contribution in [1.29, 1.82) is 0 Å². The zero-order valence-corrected chi connectivity index (χ0v) is 14.3. The van der Waals surface area contributed by atoms with Gasteiger partial charge < -0.3 is 5.73 Å². The van der Waals surface area contributed by atoms with Crippen LogP contribution in [0.25, 0.3) is 0 Å². The number of halogens is 3. The number of thiophene rings is 1. The lowest BCUT2D eigenvalue weighted by Crippen LogP contribution is -2.12. The van der Waals surface area contributed by atoms with E-state index < -0.39 is 0 Å². The van der Waals surface area contributed by atoms with E-state index in [2.05, 4.69) is 57.6 Å². The van der Waals surface area contributed by atoms with Crippen LogP contribution in [0.15, 0.2) is 28.7 Å². The molecule has 90 valence electrons. The number of hydrogen-bond donors (Lipinski definition) is 1. The molecule has 1 heterocycles. The zero-order valence-electron chi connectivity index (χ0n) is 9.01. The van der Waals surface area contributed by atoms with Crippen LogP contribution in [-0.4, -0.2) is 0 Å². The molecule has 0 saturated heterocycles. The van der Waals surface area contributed by atoms with Gasteiger partial charge in [0, 0.05) is 12.9 Å². The summed E-state index contributed by atoms with van der Waals surface area (Å²) in [7, 11) is 0. The molecule has 0 bridgehead atoms. The number of aryl methyl sites for hydroxylation is 1. The molecule has 1 atom stereocenters. The predicted octanol–water partition coefficient (Wildman–Crippen LogP) is 5.13. The number of benzene rings is 1. The molecule has 0 aliphatic rings. The standard InChI is InChI=1S/C12H10BrClINS/c1-6-3-2-4-7(10(6)15)11(16)9-5-8(13)12(14)17-9/h2-5,11H,16H2,1H3. The quantitative estimate of drug-likeness (QED) is 0.642. The van der Waals surface area contributed by atoms with Crippen molar-refractivity contribution in [3.63, 3.8) is 0 Å². The Morgan fingerprint density at radius 1 is 1.47 bits per heavy atom. The molecule has 17 heavy (non-hydrogen) atoms. The monoisotopic (exact) mass is 441 g/mol. The molecule has 0 fully saturated rings. The highest BCUT2D eigenvalue weighted by molar-refractivity contribution is 14.1. The minimum atomic E-state index is -0.115. The van der Waals surface area contributed by atoms with Gasteiger partial charge in [0.15, 0.2) is 0 Å². The molecule has 1 aromatic heterocycles. The van der Waals surface area contributed by atoms with E-state index in [0.29, 0.717) is 0 Å². The molecule has 1 aromatic carbocycles. The average Bonchev–Trinajstić information content (AvgIpc) is 2.62. The minimum Gasteiger partial charge on any atom is -0.320 e. The maximum atomic E-state index is 6.29. The fourth-order valence-corrected chi connectivity index (χ4v) is 4.03. The Bertz CT molecular complexity index is 536. The Kier molecular flexibility index (Phi) is 4.52. The fraction of sp³-hybridized carbons (Fsp3) is 0.167. The van der Waals surface area contributed by atoms with E-state index in [1.807, 2.05) is 12.1 Å². The third kappa shape index (κ3) is 2.87. The normalized spacial score (nSPS) is 12.8. The van der Waals surface area contributed by atoms with Gasteiger partial charge in [-0.2, -0.15) is 0 Å². The van der Waals surface area contributed by atoms with Crippen molar-refractivity contribution in [2.75, 3.05) is 0 Å². The fourth-order valence-electron chi connectivity index (χ4n) is 1.58. The van der Waals surface area contributed by atoms with Gasteiger partial charge in [0.1, 0.15) is 4.34 Å². The molecular formula is C12H10BrClINS. The van der Waals surface area contributed by atoms with Crippen LogP contribution < -0.4 is 5.73 Å². The van der Waals surface area contributed by atoms with Crippen molar-refractivity contribution < 1.29 is 0 Å². The highest BCUT2D eigenvalue weighted by atomic mass is 127. The van der Waals surface area contributed by atoms with Crippen LogP contribution in [0, 0.1) is 10.5 Å². The van der Waals surface area contributed by atoms with Crippen LogP contribution in [0.3, 0.4) is 0 Å². The minimum absolute atomic E-state index is 0.115. The van der Waals surface area contributed by atoms with Crippen LogP contribution >= 0.6 is 61.5 Å². The molecule has 0 radical (unpaired) electrons. The summed E-state index contributed by atoms with van der Waals surface area (Å²) in [5.41, 5.74) is 8.69. The number of hydrogen-bond acceptors (Lipinski definition) is 2. The van der Waals surface area contributed by atoms with Gasteiger partial charge in [-0.3, -0.25) is 0 Å². The zero-order chi connectivity index (χ0) is 12.6. The summed E-state index contributed by atoms with van der Waals surface area (Å²) in [6.07, 6.45) is 0. The van der Waals surface area contributed by atoms with Crippen LogP contribution in [-0.2, 0) is 0 Å². The van der Waals surface area contributed by atoms with Gasteiger partial charge in [0.2, 0.25) is 0 Å². The SMILES string of the molecule is Cc1cccc(C(N)c2cc(Br)c(Cl)s2)c1I. The van der Waals surface area contributed by atoms with E-state index in [9.17, 15) is 0 Å². The molecule has 0 aliphatic heterocycles. The smallest absolute Gasteiger partial charge is 0.107 e. The second kappa shape index (κ2) is 5.57. The Morgan fingerprint density at radius 3 is 2.76 bits per heavy atom. The van der Waals surface area contributed by atoms with Gasteiger partial charge in [0.25, 0.3) is 0 Å². The number of rotatable bonds is 2. The lowest BCUT2D eigenvalue weighted by molar-refractivity contribution is 0.883. The van der Waals surface area contributed by atoms with E-state index >= 15 is 0 Å². The topological polar surface area (TPSA) is 26.0 Å². The first-order chi connectivity index (χ1) is 8.00. The van der Waals surface area contributed by atoms with Crippen molar-refractivity contribution in [2.24, 2.45) is 5.73 Å². The summed E-state index contributed by atoms with van der Waals surface area (Å²) in [6, 6.07) is 8.08. The molecule has 2 aromatic rings. The Hall–Kier alpha value is 0.380. The highest BCUT2D eigenvalue weighted by Gasteiger charge is 2.16. The molecule has 0 saturated carbocycles. The third-order valence-corrected chi connectivity index (χ3v) is 6.56. The second-order valence-corrected chi connectivity index (χ2v) is 7.35. The third-order valence-electron chi connectivity index (χ3n) is 2.53. The van der Waals surface area contributed by atoms with Gasteiger partial charge in [-0.15, -0.1) is 11.3 Å². The van der Waals surface area contributed by atoms with E-state index in [1.54, 1.807) is 0 Å². The van der Waals surface area contributed by atoms with Gasteiger partial charge in [-0.05, 0) is 62.6 Å². The molecule has 0 spiro atoms. The van der Waals surface area contributed by atoms with Crippen LogP contribution in [0.4, 0.5) is 0 Å². The molecule has 2 N–H and O–H groups in total. The first-order valence-electron chi connectivity index (χ1n) is 4.96. The maximum Gasteiger partial charge on any atom is 0.107 e. The lowest BCUT2D eigenvalue weighted by atomic mass is 10.0. The van der Waals surface area contributed by atoms with E-state index in [1.165, 1.54) is 20.5 Å². The summed E-state index contributed by atoms with van der Waals surface area (Å²) in [4.78, 5) is 1.07. The maximum absolute atomic E-state index is 6.29. The largest absolute Gasteiger partial charge is 0.320 e. The van der Waals surface area contributed by atoms with Crippen molar-refractivity contribution in [1.82, 2.24) is 0 Å². The Morgan fingerprint density at radius 2 is 2.18 bits per heavy atom. The van der Waals surface area contributed by atoms with E-state index in [4.69, 9.17) is 17.3 Å². The molecule has 0 amide bonds. The molecule has 2 rings (SSSR count). The van der Waals surface area contributed by atoms with Gasteiger partial charge >= 0.3 is 0 Å². The summed E-state index contributed by atoms with van der Waals surface area (Å²) >= 11 is 13.3. The molecular weight excluding hydrogens is 432 g/mol. The molecule has 1 unspecified atom stereocenters. The summed E-state index contributed by atoms with van der Waals surface area (Å²) in [6.45, 7) is 2.09. The number of nitrogens with two attached hydrogens (primary N) is 1. The van der Waals surface area contributed by atoms with Crippen molar-refractivity contribution in [2.45, 2.75) is 13.0 Å². The Labute approximate surface area is 132 Å². The lowest BCUT2D eigenvalue weighted by Gasteiger charge is -2.13.